The van der Waals surface area contributed by atoms with E-state index in [1.807, 2.05) is 0 Å². The van der Waals surface area contributed by atoms with Gasteiger partial charge in [-0.05, 0) is 111 Å². The molecular formula is C29H42. The lowest BCUT2D eigenvalue weighted by molar-refractivity contribution is 0.137. The van der Waals surface area contributed by atoms with E-state index in [0.717, 1.165) is 29.6 Å². The second-order valence-corrected chi connectivity index (χ2v) is 10.3. The molecule has 2 atom stereocenters. The minimum absolute atomic E-state index is 0.651. The summed E-state index contributed by atoms with van der Waals surface area (Å²) in [6.45, 7) is 6.28. The van der Waals surface area contributed by atoms with Crippen LogP contribution in [-0.2, 0) is 6.42 Å². The van der Waals surface area contributed by atoms with Crippen molar-refractivity contribution in [3.8, 4) is 0 Å². The first-order chi connectivity index (χ1) is 14.3. The molecule has 0 amide bonds. The smallest absolute Gasteiger partial charge is 0.00182 e. The highest BCUT2D eigenvalue weighted by molar-refractivity contribution is 5.29. The molecule has 2 fully saturated rings. The van der Waals surface area contributed by atoms with E-state index >= 15 is 0 Å². The maximum atomic E-state index is 4.01. The number of hydrogen-bond donors (Lipinski definition) is 0. The molecule has 0 heterocycles. The van der Waals surface area contributed by atoms with Crippen molar-refractivity contribution < 1.29 is 0 Å². The Morgan fingerprint density at radius 3 is 1.93 bits per heavy atom. The predicted molar refractivity (Wildman–Crippen MR) is 126 cm³/mol. The third-order valence-corrected chi connectivity index (χ3v) is 8.59. The van der Waals surface area contributed by atoms with Crippen molar-refractivity contribution in [2.24, 2.45) is 29.6 Å². The predicted octanol–water partition coefficient (Wildman–Crippen LogP) is 8.49. The van der Waals surface area contributed by atoms with Crippen LogP contribution in [0, 0.1) is 29.6 Å². The molecule has 0 aromatic heterocycles. The highest BCUT2D eigenvalue weighted by Gasteiger charge is 2.33. The maximum Gasteiger partial charge on any atom is 0.00182 e. The van der Waals surface area contributed by atoms with Gasteiger partial charge < -0.3 is 0 Å². The van der Waals surface area contributed by atoms with Gasteiger partial charge in [-0.3, -0.25) is 0 Å². The van der Waals surface area contributed by atoms with E-state index in [1.54, 1.807) is 0 Å². The van der Waals surface area contributed by atoms with Crippen molar-refractivity contribution in [3.05, 3.63) is 60.2 Å². The van der Waals surface area contributed by atoms with Crippen molar-refractivity contribution in [2.75, 3.05) is 0 Å². The number of allylic oxidation sites excluding steroid dienone is 3. The average Bonchev–Trinajstić information content (AvgIpc) is 2.80. The first-order valence-electron chi connectivity index (χ1n) is 12.7. The van der Waals surface area contributed by atoms with Gasteiger partial charge in [0.1, 0.15) is 0 Å². The summed E-state index contributed by atoms with van der Waals surface area (Å²) in [5.41, 5.74) is 3.02. The summed E-state index contributed by atoms with van der Waals surface area (Å²) in [4.78, 5) is 0. The highest BCUT2D eigenvalue weighted by atomic mass is 14.4. The second-order valence-electron chi connectivity index (χ2n) is 10.3. The molecule has 0 bridgehead atoms. The molecule has 4 rings (SSSR count). The van der Waals surface area contributed by atoms with E-state index in [-0.39, 0.29) is 0 Å². The zero-order valence-corrected chi connectivity index (χ0v) is 18.7. The molecule has 0 spiro atoms. The summed E-state index contributed by atoms with van der Waals surface area (Å²) in [5, 5.41) is 0. The molecular weight excluding hydrogens is 348 g/mol. The fraction of sp³-hybridized carbons (Fsp3) is 0.655. The SMILES string of the molecule is C=CC1CCC(C2CCC(C3C=CC(c4ccc(CCC)cc4)CC3)CC2)CC1. The van der Waals surface area contributed by atoms with Crippen LogP contribution in [0.1, 0.15) is 94.6 Å². The summed E-state index contributed by atoms with van der Waals surface area (Å²) in [7, 11) is 0. The minimum Gasteiger partial charge on any atom is -0.103 e. The fourth-order valence-electron chi connectivity index (χ4n) is 6.63. The third-order valence-electron chi connectivity index (χ3n) is 8.59. The number of benzene rings is 1. The third kappa shape index (κ3) is 5.25. The van der Waals surface area contributed by atoms with Crippen LogP contribution in [0.2, 0.25) is 0 Å². The molecule has 0 heteroatoms. The summed E-state index contributed by atoms with van der Waals surface area (Å²) in [6, 6.07) is 9.46. The Bertz CT molecular complexity index is 650. The Morgan fingerprint density at radius 1 is 0.759 bits per heavy atom. The van der Waals surface area contributed by atoms with Gasteiger partial charge in [-0.25, -0.2) is 0 Å². The Kier molecular flexibility index (Phi) is 7.33. The van der Waals surface area contributed by atoms with Gasteiger partial charge >= 0.3 is 0 Å². The quantitative estimate of drug-likeness (QED) is 0.427. The molecule has 1 aromatic rings. The lowest BCUT2D eigenvalue weighted by Crippen LogP contribution is -2.28. The topological polar surface area (TPSA) is 0 Å². The van der Waals surface area contributed by atoms with Gasteiger partial charge in [0.25, 0.3) is 0 Å². The highest BCUT2D eigenvalue weighted by Crippen LogP contribution is 2.45. The van der Waals surface area contributed by atoms with Gasteiger partial charge in [0.2, 0.25) is 0 Å². The van der Waals surface area contributed by atoms with Crippen LogP contribution in [0.3, 0.4) is 0 Å². The van der Waals surface area contributed by atoms with E-state index in [0.29, 0.717) is 5.92 Å². The van der Waals surface area contributed by atoms with Crippen molar-refractivity contribution in [1.29, 1.82) is 0 Å². The van der Waals surface area contributed by atoms with Crippen molar-refractivity contribution in [1.82, 2.24) is 0 Å². The Hall–Kier alpha value is -1.30. The summed E-state index contributed by atoms with van der Waals surface area (Å²) in [5.74, 6) is 5.32. The Balaban J connectivity index is 1.25. The number of rotatable bonds is 6. The summed E-state index contributed by atoms with van der Waals surface area (Å²) in [6.07, 6.45) is 24.3. The fourth-order valence-corrected chi connectivity index (χ4v) is 6.63. The van der Waals surface area contributed by atoms with Gasteiger partial charge in [-0.2, -0.15) is 0 Å². The van der Waals surface area contributed by atoms with Crippen LogP contribution >= 0.6 is 0 Å². The molecule has 29 heavy (non-hydrogen) atoms. The molecule has 2 saturated carbocycles. The zero-order chi connectivity index (χ0) is 20.1. The first-order valence-corrected chi connectivity index (χ1v) is 12.7. The lowest BCUT2D eigenvalue weighted by atomic mass is 9.66. The lowest BCUT2D eigenvalue weighted by Gasteiger charge is -2.40. The van der Waals surface area contributed by atoms with Crippen LogP contribution in [-0.4, -0.2) is 0 Å². The van der Waals surface area contributed by atoms with E-state index in [1.165, 1.54) is 88.2 Å². The Labute approximate surface area is 179 Å². The summed E-state index contributed by atoms with van der Waals surface area (Å²) >= 11 is 0. The van der Waals surface area contributed by atoms with E-state index in [2.05, 4.69) is 56.0 Å². The van der Waals surface area contributed by atoms with Crippen LogP contribution in [0.25, 0.3) is 0 Å². The van der Waals surface area contributed by atoms with Crippen LogP contribution < -0.4 is 0 Å². The average molecular weight is 391 g/mol. The van der Waals surface area contributed by atoms with Gasteiger partial charge in [0, 0.05) is 5.92 Å². The van der Waals surface area contributed by atoms with Crippen molar-refractivity contribution in [3.63, 3.8) is 0 Å². The van der Waals surface area contributed by atoms with Crippen LogP contribution in [0.15, 0.2) is 49.1 Å². The molecule has 3 aliphatic carbocycles. The van der Waals surface area contributed by atoms with Gasteiger partial charge in [-0.1, -0.05) is 55.8 Å². The molecule has 1 aromatic carbocycles. The van der Waals surface area contributed by atoms with E-state index in [4.69, 9.17) is 0 Å². The van der Waals surface area contributed by atoms with Gasteiger partial charge in [0.05, 0.1) is 0 Å². The van der Waals surface area contributed by atoms with Gasteiger partial charge in [0.15, 0.2) is 0 Å². The Morgan fingerprint density at radius 2 is 1.38 bits per heavy atom. The monoisotopic (exact) mass is 390 g/mol. The zero-order valence-electron chi connectivity index (χ0n) is 18.7. The van der Waals surface area contributed by atoms with Crippen molar-refractivity contribution in [2.45, 2.75) is 89.9 Å². The maximum absolute atomic E-state index is 4.01. The molecule has 0 N–H and O–H groups in total. The molecule has 2 unspecified atom stereocenters. The van der Waals surface area contributed by atoms with Crippen LogP contribution in [0.5, 0.6) is 0 Å². The molecule has 0 radical (unpaired) electrons. The largest absolute Gasteiger partial charge is 0.103 e. The molecule has 0 nitrogen and oxygen atoms in total. The molecule has 0 aliphatic heterocycles. The summed E-state index contributed by atoms with van der Waals surface area (Å²) < 4.78 is 0. The molecule has 3 aliphatic rings. The van der Waals surface area contributed by atoms with E-state index < -0.39 is 0 Å². The van der Waals surface area contributed by atoms with Crippen LogP contribution in [0.4, 0.5) is 0 Å². The second kappa shape index (κ2) is 10.1. The number of hydrogen-bond acceptors (Lipinski definition) is 0. The van der Waals surface area contributed by atoms with E-state index in [9.17, 15) is 0 Å². The molecule has 0 saturated heterocycles. The normalized spacial score (nSPS) is 35.3. The van der Waals surface area contributed by atoms with Crippen molar-refractivity contribution >= 4 is 0 Å². The van der Waals surface area contributed by atoms with Gasteiger partial charge in [-0.15, -0.1) is 6.58 Å². The minimum atomic E-state index is 0.651. The first kappa shape index (κ1) is 21.0. The number of aryl methyl sites for hydroxylation is 1. The molecule has 158 valence electrons. The standard InChI is InChI=1S/C29H42/c1-3-5-23-8-12-25(13-9-23)27-16-20-29(21-17-27)28-18-14-26(15-19-28)24-10-6-22(4-2)7-11-24/h4,8-9,12-13,16,20,22,24,26-29H,2-3,5-7,10-11,14-15,17-19,21H2,1H3.